The molecule has 0 fully saturated rings. The molecule has 2 aromatic carbocycles. The van der Waals surface area contributed by atoms with Gasteiger partial charge in [-0.15, -0.1) is 0 Å². The van der Waals surface area contributed by atoms with Crippen LogP contribution in [0.25, 0.3) is 0 Å². The summed E-state index contributed by atoms with van der Waals surface area (Å²) in [6.45, 7) is 4.19. The van der Waals surface area contributed by atoms with Crippen molar-refractivity contribution in [3.05, 3.63) is 70.3 Å². The van der Waals surface area contributed by atoms with E-state index in [-0.39, 0.29) is 0 Å². The van der Waals surface area contributed by atoms with Gasteiger partial charge in [0.25, 0.3) is 0 Å². The van der Waals surface area contributed by atoms with E-state index in [1.807, 2.05) is 0 Å². The van der Waals surface area contributed by atoms with Gasteiger partial charge in [-0.1, -0.05) is 25.1 Å². The van der Waals surface area contributed by atoms with Crippen LogP contribution in [0, 0.1) is 11.6 Å². The summed E-state index contributed by atoms with van der Waals surface area (Å²) in [5.41, 5.74) is 4.51. The van der Waals surface area contributed by atoms with E-state index in [0.29, 0.717) is 17.9 Å². The summed E-state index contributed by atoms with van der Waals surface area (Å²) in [4.78, 5) is 0. The second-order valence-corrected chi connectivity index (χ2v) is 5.84. The Hall–Kier alpha value is -1.74. The fourth-order valence-corrected chi connectivity index (χ4v) is 3.04. The smallest absolute Gasteiger partial charge is 0.126 e. The molecule has 0 aromatic heterocycles. The first-order valence-corrected chi connectivity index (χ1v) is 7.39. The van der Waals surface area contributed by atoms with Crippen molar-refractivity contribution in [2.75, 3.05) is 13.1 Å². The molecule has 0 bridgehead atoms. The first-order chi connectivity index (χ1) is 10.1. The molecule has 0 amide bonds. The highest BCUT2D eigenvalue weighted by molar-refractivity contribution is 5.38. The molecule has 2 aromatic rings. The Labute approximate surface area is 124 Å². The minimum absolute atomic E-state index is 0.465. The van der Waals surface area contributed by atoms with Crippen molar-refractivity contribution < 1.29 is 8.78 Å². The van der Waals surface area contributed by atoms with E-state index in [1.54, 1.807) is 0 Å². The van der Waals surface area contributed by atoms with Gasteiger partial charge in [-0.3, -0.25) is 0 Å². The van der Waals surface area contributed by atoms with Crippen molar-refractivity contribution in [3.8, 4) is 0 Å². The van der Waals surface area contributed by atoms with Gasteiger partial charge < -0.3 is 5.32 Å². The van der Waals surface area contributed by atoms with Gasteiger partial charge in [-0.25, -0.2) is 8.78 Å². The van der Waals surface area contributed by atoms with E-state index in [1.165, 1.54) is 23.3 Å². The SMILES string of the molecule is C[C@@H]1CNCCc2ccc(Cc3cc(F)cc(F)c3)cc21. The molecule has 0 unspecified atom stereocenters. The first-order valence-electron chi connectivity index (χ1n) is 7.39. The first kappa shape index (κ1) is 14.2. The van der Waals surface area contributed by atoms with Gasteiger partial charge in [0.2, 0.25) is 0 Å². The lowest BCUT2D eigenvalue weighted by Gasteiger charge is -2.14. The molecule has 1 nitrogen and oxygen atoms in total. The monoisotopic (exact) mass is 287 g/mol. The minimum Gasteiger partial charge on any atom is -0.316 e. The molecule has 0 saturated carbocycles. The van der Waals surface area contributed by atoms with E-state index in [2.05, 4.69) is 30.4 Å². The lowest BCUT2D eigenvalue weighted by Crippen LogP contribution is -2.18. The molecule has 21 heavy (non-hydrogen) atoms. The van der Waals surface area contributed by atoms with Crippen molar-refractivity contribution in [1.29, 1.82) is 0 Å². The maximum Gasteiger partial charge on any atom is 0.126 e. The van der Waals surface area contributed by atoms with Crippen molar-refractivity contribution >= 4 is 0 Å². The number of halogens is 2. The standard InChI is InChI=1S/C18H19F2N/c1-12-11-21-5-4-15-3-2-13(9-18(12)15)6-14-7-16(19)10-17(20)8-14/h2-3,7-10,12,21H,4-6,11H2,1H3/t12-/m1/s1. The zero-order valence-corrected chi connectivity index (χ0v) is 12.1. The molecule has 0 saturated heterocycles. The van der Waals surface area contributed by atoms with Crippen molar-refractivity contribution in [3.63, 3.8) is 0 Å². The predicted octanol–water partition coefficient (Wildman–Crippen LogP) is 3.80. The number of hydrogen-bond donors (Lipinski definition) is 1. The number of hydrogen-bond acceptors (Lipinski definition) is 1. The number of rotatable bonds is 2. The Balaban J connectivity index is 1.89. The summed E-state index contributed by atoms with van der Waals surface area (Å²) < 4.78 is 26.5. The maximum atomic E-state index is 13.3. The summed E-state index contributed by atoms with van der Waals surface area (Å²) in [5.74, 6) is -0.568. The van der Waals surface area contributed by atoms with Crippen LogP contribution < -0.4 is 5.32 Å². The third-order valence-corrected chi connectivity index (χ3v) is 4.09. The van der Waals surface area contributed by atoms with Gasteiger partial charge in [0, 0.05) is 12.6 Å². The highest BCUT2D eigenvalue weighted by Gasteiger charge is 2.15. The molecule has 110 valence electrons. The fourth-order valence-electron chi connectivity index (χ4n) is 3.04. The minimum atomic E-state index is -0.516. The van der Waals surface area contributed by atoms with Crippen molar-refractivity contribution in [2.24, 2.45) is 0 Å². The largest absolute Gasteiger partial charge is 0.316 e. The Morgan fingerprint density at radius 1 is 1.05 bits per heavy atom. The molecule has 0 spiro atoms. The van der Waals surface area contributed by atoms with Crippen LogP contribution in [-0.4, -0.2) is 13.1 Å². The molecule has 1 N–H and O–H groups in total. The molecular weight excluding hydrogens is 268 g/mol. The average Bonchev–Trinajstić information content (AvgIpc) is 2.60. The predicted molar refractivity (Wildman–Crippen MR) is 80.6 cm³/mol. The van der Waals surface area contributed by atoms with Crippen molar-refractivity contribution in [1.82, 2.24) is 5.32 Å². The Morgan fingerprint density at radius 2 is 1.81 bits per heavy atom. The Bertz CT molecular complexity index is 631. The van der Waals surface area contributed by atoms with Crippen LogP contribution in [0.4, 0.5) is 8.78 Å². The zero-order valence-electron chi connectivity index (χ0n) is 12.1. The zero-order chi connectivity index (χ0) is 14.8. The van der Waals surface area contributed by atoms with Gasteiger partial charge in [0.15, 0.2) is 0 Å². The summed E-state index contributed by atoms with van der Waals surface area (Å²) in [5, 5.41) is 3.43. The average molecular weight is 287 g/mol. The summed E-state index contributed by atoms with van der Waals surface area (Å²) in [6.07, 6.45) is 1.59. The van der Waals surface area contributed by atoms with Gasteiger partial charge in [-0.05, 0) is 59.7 Å². The summed E-state index contributed by atoms with van der Waals surface area (Å²) in [7, 11) is 0. The van der Waals surface area contributed by atoms with Crippen LogP contribution in [0.3, 0.4) is 0 Å². The van der Waals surface area contributed by atoms with Gasteiger partial charge in [-0.2, -0.15) is 0 Å². The second kappa shape index (κ2) is 5.94. The summed E-state index contributed by atoms with van der Waals surface area (Å²) in [6, 6.07) is 10.1. The Kier molecular flexibility index (Phi) is 4.02. The van der Waals surface area contributed by atoms with E-state index < -0.39 is 11.6 Å². The van der Waals surface area contributed by atoms with Crippen LogP contribution >= 0.6 is 0 Å². The molecule has 1 aliphatic heterocycles. The van der Waals surface area contributed by atoms with Crippen LogP contribution in [0.1, 0.15) is 35.1 Å². The quantitative estimate of drug-likeness (QED) is 0.886. The maximum absolute atomic E-state index is 13.3. The van der Waals surface area contributed by atoms with E-state index in [9.17, 15) is 8.78 Å². The molecule has 1 aliphatic rings. The topological polar surface area (TPSA) is 12.0 Å². The third kappa shape index (κ3) is 3.30. The van der Waals surface area contributed by atoms with E-state index in [4.69, 9.17) is 0 Å². The molecular formula is C18H19F2N. The number of fused-ring (bicyclic) bond motifs is 1. The number of nitrogens with one attached hydrogen (secondary N) is 1. The van der Waals surface area contributed by atoms with Crippen molar-refractivity contribution in [2.45, 2.75) is 25.7 Å². The molecule has 3 rings (SSSR count). The second-order valence-electron chi connectivity index (χ2n) is 5.84. The lowest BCUT2D eigenvalue weighted by atomic mass is 9.91. The normalized spacial score (nSPS) is 18.1. The Morgan fingerprint density at radius 3 is 2.57 bits per heavy atom. The van der Waals surface area contributed by atoms with Crippen LogP contribution in [0.15, 0.2) is 36.4 Å². The molecule has 0 aliphatic carbocycles. The lowest BCUT2D eigenvalue weighted by molar-refractivity contribution is 0.580. The van der Waals surface area contributed by atoms with E-state index in [0.717, 1.165) is 31.1 Å². The number of benzene rings is 2. The van der Waals surface area contributed by atoms with E-state index >= 15 is 0 Å². The molecule has 1 atom stereocenters. The van der Waals surface area contributed by atoms with Gasteiger partial charge >= 0.3 is 0 Å². The van der Waals surface area contributed by atoms with Crippen LogP contribution in [0.2, 0.25) is 0 Å². The van der Waals surface area contributed by atoms with Gasteiger partial charge in [0.05, 0.1) is 0 Å². The highest BCUT2D eigenvalue weighted by atomic mass is 19.1. The molecule has 1 heterocycles. The molecule has 0 radical (unpaired) electrons. The van der Waals surface area contributed by atoms with Gasteiger partial charge in [0.1, 0.15) is 11.6 Å². The summed E-state index contributed by atoms with van der Waals surface area (Å²) >= 11 is 0. The van der Waals surface area contributed by atoms with Crippen LogP contribution in [0.5, 0.6) is 0 Å². The fraction of sp³-hybridized carbons (Fsp3) is 0.333. The highest BCUT2D eigenvalue weighted by Crippen LogP contribution is 2.25. The third-order valence-electron chi connectivity index (χ3n) is 4.09. The van der Waals surface area contributed by atoms with Crippen LogP contribution in [-0.2, 0) is 12.8 Å². The molecule has 3 heteroatoms.